The number of anilines is 3. The normalized spacial score (nSPS) is 12.6. The van der Waals surface area contributed by atoms with Crippen molar-refractivity contribution in [1.82, 2.24) is 9.55 Å². The van der Waals surface area contributed by atoms with Crippen molar-refractivity contribution in [1.29, 1.82) is 0 Å². The van der Waals surface area contributed by atoms with Crippen molar-refractivity contribution in [2.24, 2.45) is 0 Å². The van der Waals surface area contributed by atoms with E-state index in [4.69, 9.17) is 0 Å². The van der Waals surface area contributed by atoms with Crippen molar-refractivity contribution >= 4 is 70.4 Å². The Morgan fingerprint density at radius 2 is 1.33 bits per heavy atom. The maximum Gasteiger partial charge on any atom is 0.0783 e. The second-order valence-corrected chi connectivity index (χ2v) is 11.1. The van der Waals surface area contributed by atoms with Crippen LogP contribution in [-0.2, 0) is 0 Å². The monoisotopic (exact) mass is 515 g/mol. The van der Waals surface area contributed by atoms with Crippen LogP contribution in [0.25, 0.3) is 58.9 Å². The lowest BCUT2D eigenvalue weighted by molar-refractivity contribution is 1.11. The molecule has 0 fully saturated rings. The Kier molecular flexibility index (Phi) is 4.21. The highest BCUT2D eigenvalue weighted by molar-refractivity contribution is 7.26. The summed E-state index contributed by atoms with van der Waals surface area (Å²) in [5.74, 6) is 0. The number of thiophene rings is 1. The Bertz CT molecular complexity index is 2220. The number of hydrogen-bond acceptors (Lipinski definition) is 3. The zero-order chi connectivity index (χ0) is 25.5. The molecule has 3 aromatic heterocycles. The van der Waals surface area contributed by atoms with Gasteiger partial charge in [-0.3, -0.25) is 4.98 Å². The molecule has 4 heterocycles. The molecular formula is C35H21N3S. The molecular weight excluding hydrogens is 494 g/mol. The Labute approximate surface area is 228 Å². The van der Waals surface area contributed by atoms with Crippen LogP contribution in [0.15, 0.2) is 128 Å². The van der Waals surface area contributed by atoms with Crippen molar-refractivity contribution < 1.29 is 0 Å². The van der Waals surface area contributed by atoms with Gasteiger partial charge in [-0.25, -0.2) is 0 Å². The minimum Gasteiger partial charge on any atom is -0.306 e. The maximum atomic E-state index is 4.54. The zero-order valence-electron chi connectivity index (χ0n) is 20.9. The van der Waals surface area contributed by atoms with Gasteiger partial charge in [0.1, 0.15) is 0 Å². The highest BCUT2D eigenvalue weighted by Gasteiger charge is 2.29. The van der Waals surface area contributed by atoms with E-state index in [-0.39, 0.29) is 0 Å². The molecule has 182 valence electrons. The van der Waals surface area contributed by atoms with Crippen LogP contribution in [0.1, 0.15) is 0 Å². The minimum absolute atomic E-state index is 0.984. The third kappa shape index (κ3) is 2.84. The molecule has 3 nitrogen and oxygen atoms in total. The Hall–Kier alpha value is -4.93. The van der Waals surface area contributed by atoms with Gasteiger partial charge in [-0.05, 0) is 54.6 Å². The molecule has 0 atom stereocenters. The number of para-hydroxylation sites is 3. The lowest BCUT2D eigenvalue weighted by Crippen LogP contribution is -2.17. The first-order valence-electron chi connectivity index (χ1n) is 13.2. The van der Waals surface area contributed by atoms with Crippen LogP contribution in [-0.4, -0.2) is 9.55 Å². The summed E-state index contributed by atoms with van der Waals surface area (Å²) in [7, 11) is 0. The molecule has 0 aliphatic carbocycles. The predicted octanol–water partition coefficient (Wildman–Crippen LogP) is 10.00. The van der Waals surface area contributed by atoms with E-state index in [1.165, 1.54) is 59.0 Å². The van der Waals surface area contributed by atoms with Gasteiger partial charge in [0, 0.05) is 48.4 Å². The highest BCUT2D eigenvalue weighted by atomic mass is 32.1. The van der Waals surface area contributed by atoms with E-state index in [0.29, 0.717) is 0 Å². The summed E-state index contributed by atoms with van der Waals surface area (Å²) in [6.07, 6.45) is 1.84. The van der Waals surface area contributed by atoms with Crippen molar-refractivity contribution in [2.45, 2.75) is 0 Å². The fourth-order valence-electron chi connectivity index (χ4n) is 6.31. The smallest absolute Gasteiger partial charge is 0.0783 e. The van der Waals surface area contributed by atoms with Gasteiger partial charge in [0.25, 0.3) is 0 Å². The second kappa shape index (κ2) is 7.79. The largest absolute Gasteiger partial charge is 0.306 e. The molecule has 0 saturated carbocycles. The van der Waals surface area contributed by atoms with Gasteiger partial charge in [-0.1, -0.05) is 66.7 Å². The molecule has 0 radical (unpaired) electrons. The molecule has 0 bridgehead atoms. The number of rotatable bonds is 2. The molecule has 1 aliphatic heterocycles. The van der Waals surface area contributed by atoms with E-state index in [1.807, 2.05) is 29.7 Å². The van der Waals surface area contributed by atoms with Gasteiger partial charge in [0.05, 0.1) is 33.8 Å². The fourth-order valence-corrected chi connectivity index (χ4v) is 7.57. The van der Waals surface area contributed by atoms with Crippen molar-refractivity contribution in [2.75, 3.05) is 4.90 Å². The van der Waals surface area contributed by atoms with Gasteiger partial charge in [0.15, 0.2) is 0 Å². The molecule has 4 heteroatoms. The molecule has 0 N–H and O–H groups in total. The van der Waals surface area contributed by atoms with E-state index >= 15 is 0 Å². The average molecular weight is 516 g/mol. The van der Waals surface area contributed by atoms with Crippen LogP contribution in [0.2, 0.25) is 0 Å². The molecule has 0 spiro atoms. The van der Waals surface area contributed by atoms with E-state index in [2.05, 4.69) is 124 Å². The van der Waals surface area contributed by atoms with Crippen molar-refractivity contribution in [3.63, 3.8) is 0 Å². The Morgan fingerprint density at radius 1 is 0.564 bits per heavy atom. The SMILES string of the molecule is c1ccc(-c2ccc(N3c4ccccc4-n4c5ccc6c7ccccc7sc6c5c5cccc3c54)cc2)nc1. The predicted molar refractivity (Wildman–Crippen MR) is 165 cm³/mol. The summed E-state index contributed by atoms with van der Waals surface area (Å²) in [6, 6.07) is 43.7. The molecule has 39 heavy (non-hydrogen) atoms. The van der Waals surface area contributed by atoms with Crippen LogP contribution in [0.3, 0.4) is 0 Å². The minimum atomic E-state index is 0.984. The maximum absolute atomic E-state index is 4.54. The number of hydrogen-bond donors (Lipinski definition) is 0. The topological polar surface area (TPSA) is 21.1 Å². The van der Waals surface area contributed by atoms with Gasteiger partial charge >= 0.3 is 0 Å². The van der Waals surface area contributed by atoms with Crippen LogP contribution in [0.4, 0.5) is 17.1 Å². The molecule has 5 aromatic carbocycles. The van der Waals surface area contributed by atoms with E-state index < -0.39 is 0 Å². The first-order valence-corrected chi connectivity index (χ1v) is 14.0. The Balaban J connectivity index is 1.35. The van der Waals surface area contributed by atoms with Gasteiger partial charge < -0.3 is 9.47 Å². The summed E-state index contributed by atoms with van der Waals surface area (Å²) in [5.41, 5.74) is 9.32. The third-order valence-electron chi connectivity index (χ3n) is 7.96. The molecule has 9 rings (SSSR count). The van der Waals surface area contributed by atoms with E-state index in [0.717, 1.165) is 16.9 Å². The van der Waals surface area contributed by atoms with Gasteiger partial charge in [0.2, 0.25) is 0 Å². The molecule has 8 aromatic rings. The van der Waals surface area contributed by atoms with Crippen molar-refractivity contribution in [3.8, 4) is 16.9 Å². The van der Waals surface area contributed by atoms with Crippen LogP contribution in [0, 0.1) is 0 Å². The lowest BCUT2D eigenvalue weighted by Gasteiger charge is -2.33. The van der Waals surface area contributed by atoms with Crippen LogP contribution >= 0.6 is 11.3 Å². The van der Waals surface area contributed by atoms with Crippen LogP contribution in [0.5, 0.6) is 0 Å². The summed E-state index contributed by atoms with van der Waals surface area (Å²) in [6.45, 7) is 0. The van der Waals surface area contributed by atoms with Gasteiger partial charge in [-0.15, -0.1) is 11.3 Å². The zero-order valence-corrected chi connectivity index (χ0v) is 21.7. The quantitative estimate of drug-likeness (QED) is 0.228. The number of benzene rings is 5. The fraction of sp³-hybridized carbons (Fsp3) is 0. The first kappa shape index (κ1) is 21.1. The molecule has 0 amide bonds. The number of nitrogens with zero attached hydrogens (tertiary/aromatic N) is 3. The van der Waals surface area contributed by atoms with E-state index in [1.54, 1.807) is 0 Å². The summed E-state index contributed by atoms with van der Waals surface area (Å²) >= 11 is 1.90. The highest BCUT2D eigenvalue weighted by Crippen LogP contribution is 2.51. The second-order valence-electron chi connectivity index (χ2n) is 10.0. The third-order valence-corrected chi connectivity index (χ3v) is 9.17. The van der Waals surface area contributed by atoms with Gasteiger partial charge in [-0.2, -0.15) is 0 Å². The molecule has 0 unspecified atom stereocenters. The number of aromatic nitrogens is 2. The summed E-state index contributed by atoms with van der Waals surface area (Å²) < 4.78 is 5.17. The Morgan fingerprint density at radius 3 is 2.21 bits per heavy atom. The number of fused-ring (bicyclic) bond motifs is 9. The molecule has 1 aliphatic rings. The van der Waals surface area contributed by atoms with Crippen LogP contribution < -0.4 is 4.90 Å². The first-order chi connectivity index (χ1) is 19.4. The summed E-state index contributed by atoms with van der Waals surface area (Å²) in [5, 5.41) is 5.31. The standard InChI is InChI=1S/C35H21N3S/c1-4-14-32-24(8-1)25-19-20-30-33(35(25)39-32)26-9-7-13-31-34(26)38(30)29-12-3-2-11-28(29)37(31)23-17-15-22(16-18-23)27-10-5-6-21-36-27/h1-21H. The molecule has 0 saturated heterocycles. The average Bonchev–Trinajstić information content (AvgIpc) is 3.55. The lowest BCUT2D eigenvalue weighted by atomic mass is 10.1. The summed E-state index contributed by atoms with van der Waals surface area (Å²) in [4.78, 5) is 6.94. The van der Waals surface area contributed by atoms with Crippen molar-refractivity contribution in [3.05, 3.63) is 128 Å². The number of pyridine rings is 1. The van der Waals surface area contributed by atoms with E-state index in [9.17, 15) is 0 Å².